The molecule has 0 aromatic rings. The van der Waals surface area contributed by atoms with E-state index in [0.717, 1.165) is 0 Å². The summed E-state index contributed by atoms with van der Waals surface area (Å²) in [5.41, 5.74) is -0.510. The van der Waals surface area contributed by atoms with Crippen molar-refractivity contribution in [2.75, 3.05) is 159 Å². The minimum atomic E-state index is -0.510. The van der Waals surface area contributed by atoms with Crippen molar-refractivity contribution in [2.45, 2.75) is 26.4 Å². The van der Waals surface area contributed by atoms with Gasteiger partial charge in [0.2, 0.25) is 0 Å². The van der Waals surface area contributed by atoms with E-state index in [4.69, 9.17) is 61.6 Å². The Bertz CT molecular complexity index is 562. The van der Waals surface area contributed by atoms with E-state index in [1.807, 2.05) is 20.8 Å². The first-order valence-corrected chi connectivity index (χ1v) is 15.0. The maximum absolute atomic E-state index is 11.5. The van der Waals surface area contributed by atoms with E-state index >= 15 is 0 Å². The molecule has 0 aliphatic rings. The monoisotopic (exact) mass is 630 g/mol. The van der Waals surface area contributed by atoms with Crippen LogP contribution in [0.15, 0.2) is 0 Å². The highest BCUT2D eigenvalue weighted by molar-refractivity contribution is 5.71. The van der Waals surface area contributed by atoms with E-state index in [-0.39, 0.29) is 12.6 Å². The molecular weight excluding hydrogens is 572 g/mol. The second kappa shape index (κ2) is 33.9. The first-order chi connectivity index (χ1) is 21.0. The van der Waals surface area contributed by atoms with Gasteiger partial charge in [0.1, 0.15) is 12.2 Å². The maximum atomic E-state index is 11.5. The van der Waals surface area contributed by atoms with E-state index in [9.17, 15) is 4.79 Å². The number of carbonyl (C=O) groups excluding carboxylic acids is 1. The molecule has 0 atom stereocenters. The van der Waals surface area contributed by atoms with Gasteiger partial charge in [0.05, 0.1) is 145 Å². The van der Waals surface area contributed by atoms with Crippen LogP contribution >= 0.6 is 0 Å². The Balaban J connectivity index is 3.09. The van der Waals surface area contributed by atoms with Crippen molar-refractivity contribution in [1.29, 1.82) is 0 Å². The molecule has 14 nitrogen and oxygen atoms in total. The van der Waals surface area contributed by atoms with Gasteiger partial charge < -0.3 is 61.6 Å². The molecule has 258 valence electrons. The number of methoxy groups -OCH3 is 1. The average molecular weight is 631 g/mol. The quantitative estimate of drug-likeness (QED) is 0.0731. The summed E-state index contributed by atoms with van der Waals surface area (Å²) in [5, 5.41) is 0. The van der Waals surface area contributed by atoms with E-state index < -0.39 is 5.60 Å². The van der Waals surface area contributed by atoms with E-state index in [1.54, 1.807) is 7.11 Å². The fourth-order valence-corrected chi connectivity index (χ4v) is 2.87. The number of hydrogen-bond acceptors (Lipinski definition) is 14. The smallest absolute Gasteiger partial charge is 0.332 e. The van der Waals surface area contributed by atoms with Crippen LogP contribution in [0.4, 0.5) is 0 Å². The van der Waals surface area contributed by atoms with Crippen molar-refractivity contribution in [2.24, 2.45) is 0 Å². The van der Waals surface area contributed by atoms with Crippen molar-refractivity contribution in [3.05, 3.63) is 0 Å². The SMILES string of the molecule is COCCOCCOCCOCCOCCOCCOCCOCCOCCOCCOCCOCC(=O)OC(C)(C)C. The molecule has 0 aliphatic heterocycles. The van der Waals surface area contributed by atoms with Gasteiger partial charge in [0.15, 0.2) is 0 Å². The van der Waals surface area contributed by atoms with Crippen molar-refractivity contribution < 1.29 is 66.4 Å². The number of rotatable bonds is 35. The predicted octanol–water partition coefficient (Wildman–Crippen LogP) is 1.16. The van der Waals surface area contributed by atoms with Gasteiger partial charge in [-0.2, -0.15) is 0 Å². The van der Waals surface area contributed by atoms with Gasteiger partial charge in [-0.25, -0.2) is 4.79 Å². The van der Waals surface area contributed by atoms with E-state index in [2.05, 4.69) is 0 Å². The molecule has 0 heterocycles. The first-order valence-electron chi connectivity index (χ1n) is 15.0. The molecule has 0 amide bonds. The van der Waals surface area contributed by atoms with Crippen LogP contribution in [0.2, 0.25) is 0 Å². The maximum Gasteiger partial charge on any atom is 0.332 e. The summed E-state index contributed by atoms with van der Waals surface area (Å²) < 4.78 is 69.4. The lowest BCUT2D eigenvalue weighted by molar-refractivity contribution is -0.160. The first kappa shape index (κ1) is 42.0. The highest BCUT2D eigenvalue weighted by atomic mass is 16.6. The molecule has 0 fully saturated rings. The second-order valence-corrected chi connectivity index (χ2v) is 9.76. The largest absolute Gasteiger partial charge is 0.458 e. The van der Waals surface area contributed by atoms with Crippen LogP contribution in [-0.4, -0.2) is 171 Å². The van der Waals surface area contributed by atoms with Gasteiger partial charge in [-0.05, 0) is 20.8 Å². The molecule has 0 radical (unpaired) electrons. The Morgan fingerprint density at radius 3 is 0.791 bits per heavy atom. The predicted molar refractivity (Wildman–Crippen MR) is 157 cm³/mol. The molecule has 0 aromatic carbocycles. The van der Waals surface area contributed by atoms with Crippen molar-refractivity contribution in [3.8, 4) is 0 Å². The van der Waals surface area contributed by atoms with Gasteiger partial charge in [-0.15, -0.1) is 0 Å². The van der Waals surface area contributed by atoms with Gasteiger partial charge >= 0.3 is 5.97 Å². The molecule has 0 saturated carbocycles. The Hall–Kier alpha value is -1.01. The lowest BCUT2D eigenvalue weighted by atomic mass is 10.2. The molecule has 0 rings (SSSR count). The number of ether oxygens (including phenoxy) is 13. The van der Waals surface area contributed by atoms with Crippen molar-refractivity contribution in [1.82, 2.24) is 0 Å². The third-order valence-corrected chi connectivity index (χ3v) is 4.79. The Morgan fingerprint density at radius 2 is 0.581 bits per heavy atom. The molecule has 43 heavy (non-hydrogen) atoms. The molecule has 0 spiro atoms. The molecule has 0 N–H and O–H groups in total. The summed E-state index contributed by atoms with van der Waals surface area (Å²) in [5.74, 6) is -0.386. The molecule has 0 unspecified atom stereocenters. The van der Waals surface area contributed by atoms with Crippen LogP contribution in [0, 0.1) is 0 Å². The zero-order chi connectivity index (χ0) is 31.5. The van der Waals surface area contributed by atoms with Gasteiger partial charge in [0, 0.05) is 7.11 Å². The standard InChI is InChI=1S/C29H58O14/c1-29(2,3)43-28(30)27-42-26-25-41-24-23-40-22-21-39-20-19-38-18-17-37-16-15-36-14-13-35-12-11-34-10-9-33-8-7-32-6-5-31-4/h5-27H2,1-4H3. The molecule has 0 aromatic heterocycles. The van der Waals surface area contributed by atoms with Crippen molar-refractivity contribution in [3.63, 3.8) is 0 Å². The highest BCUT2D eigenvalue weighted by Crippen LogP contribution is 2.06. The summed E-state index contributed by atoms with van der Waals surface area (Å²) in [7, 11) is 1.64. The molecule has 0 bridgehead atoms. The summed E-state index contributed by atoms with van der Waals surface area (Å²) in [4.78, 5) is 11.5. The fourth-order valence-electron chi connectivity index (χ4n) is 2.87. The minimum Gasteiger partial charge on any atom is -0.458 e. The second-order valence-electron chi connectivity index (χ2n) is 9.76. The minimum absolute atomic E-state index is 0.0824. The highest BCUT2D eigenvalue weighted by Gasteiger charge is 2.15. The molecular formula is C29H58O14. The molecule has 14 heteroatoms. The van der Waals surface area contributed by atoms with Crippen LogP contribution in [0.1, 0.15) is 20.8 Å². The van der Waals surface area contributed by atoms with Gasteiger partial charge in [-0.1, -0.05) is 0 Å². The number of esters is 1. The Labute approximate surface area is 258 Å². The Morgan fingerprint density at radius 1 is 0.372 bits per heavy atom. The third-order valence-electron chi connectivity index (χ3n) is 4.79. The molecule has 0 aliphatic carbocycles. The summed E-state index contributed by atoms with van der Waals surface area (Å²) >= 11 is 0. The lowest BCUT2D eigenvalue weighted by Gasteiger charge is -2.19. The molecule has 0 saturated heterocycles. The zero-order valence-electron chi connectivity index (χ0n) is 27.0. The number of carbonyl (C=O) groups is 1. The average Bonchev–Trinajstić information content (AvgIpc) is 2.96. The topological polar surface area (TPSA) is 137 Å². The fraction of sp³-hybridized carbons (Fsp3) is 0.966. The number of hydrogen-bond donors (Lipinski definition) is 0. The summed E-state index contributed by atoms with van der Waals surface area (Å²) in [6, 6.07) is 0. The lowest BCUT2D eigenvalue weighted by Crippen LogP contribution is -2.27. The van der Waals surface area contributed by atoms with Gasteiger partial charge in [0.25, 0.3) is 0 Å². The van der Waals surface area contributed by atoms with Gasteiger partial charge in [-0.3, -0.25) is 0 Å². The summed E-state index contributed by atoms with van der Waals surface area (Å²) in [6.45, 7) is 16.3. The van der Waals surface area contributed by atoms with Crippen molar-refractivity contribution >= 4 is 5.97 Å². The van der Waals surface area contributed by atoms with Crippen LogP contribution in [0.25, 0.3) is 0 Å². The Kier molecular flexibility index (Phi) is 33.1. The van der Waals surface area contributed by atoms with E-state index in [0.29, 0.717) is 145 Å². The normalized spacial score (nSPS) is 11.8. The van der Waals surface area contributed by atoms with Crippen LogP contribution in [0.5, 0.6) is 0 Å². The van der Waals surface area contributed by atoms with Crippen LogP contribution < -0.4 is 0 Å². The van der Waals surface area contributed by atoms with E-state index in [1.165, 1.54) is 0 Å². The van der Waals surface area contributed by atoms with Crippen LogP contribution in [0.3, 0.4) is 0 Å². The summed E-state index contributed by atoms with van der Waals surface area (Å²) in [6.07, 6.45) is 0. The zero-order valence-corrected chi connectivity index (χ0v) is 27.0. The van der Waals surface area contributed by atoms with Crippen LogP contribution in [-0.2, 0) is 66.4 Å². The third kappa shape index (κ3) is 39.0.